The highest BCUT2D eigenvalue weighted by Crippen LogP contribution is 2.32. The van der Waals surface area contributed by atoms with E-state index in [-0.39, 0.29) is 11.8 Å². The van der Waals surface area contributed by atoms with Gasteiger partial charge in [-0.3, -0.25) is 4.79 Å². The van der Waals surface area contributed by atoms with Gasteiger partial charge in [0.2, 0.25) is 5.91 Å². The number of nitrogens with zero attached hydrogens (tertiary/aromatic N) is 1. The van der Waals surface area contributed by atoms with Gasteiger partial charge >= 0.3 is 0 Å². The summed E-state index contributed by atoms with van der Waals surface area (Å²) in [5, 5.41) is 6.92. The van der Waals surface area contributed by atoms with Gasteiger partial charge in [0.05, 0.1) is 5.69 Å². The molecule has 0 spiro atoms. The summed E-state index contributed by atoms with van der Waals surface area (Å²) in [5.74, 6) is 0.539. The molecule has 116 valence electrons. The third-order valence-corrected chi connectivity index (χ3v) is 5.34. The van der Waals surface area contributed by atoms with Crippen LogP contribution in [0.25, 0.3) is 11.3 Å². The van der Waals surface area contributed by atoms with Crippen molar-refractivity contribution in [1.29, 1.82) is 0 Å². The van der Waals surface area contributed by atoms with E-state index in [0.29, 0.717) is 11.0 Å². The number of carbonyl (C=O) groups is 1. The summed E-state index contributed by atoms with van der Waals surface area (Å²) in [6.07, 6.45) is 0.917. The number of anilines is 1. The van der Waals surface area contributed by atoms with Crippen molar-refractivity contribution < 1.29 is 4.79 Å². The van der Waals surface area contributed by atoms with Crippen molar-refractivity contribution in [1.82, 2.24) is 10.3 Å². The lowest BCUT2D eigenvalue weighted by Gasteiger charge is -2.31. The lowest BCUT2D eigenvalue weighted by atomic mass is 9.88. The summed E-state index contributed by atoms with van der Waals surface area (Å²) < 4.78 is 0. The lowest BCUT2D eigenvalue weighted by molar-refractivity contribution is -0.121. The fourth-order valence-corrected chi connectivity index (χ4v) is 3.49. The molecule has 1 aromatic heterocycles. The highest BCUT2D eigenvalue weighted by molar-refractivity contribution is 7.16. The van der Waals surface area contributed by atoms with Crippen molar-refractivity contribution in [3.8, 4) is 11.3 Å². The zero-order valence-corrected chi connectivity index (χ0v) is 13.7. The number of amides is 1. The summed E-state index contributed by atoms with van der Waals surface area (Å²) in [5.41, 5.74) is 2.09. The van der Waals surface area contributed by atoms with Gasteiger partial charge in [-0.25, -0.2) is 4.98 Å². The van der Waals surface area contributed by atoms with E-state index in [1.54, 1.807) is 11.3 Å². The van der Waals surface area contributed by atoms with Crippen LogP contribution in [0.1, 0.15) is 18.7 Å². The number of hydrogen-bond donors (Lipinski definition) is 2. The smallest absolute Gasteiger partial charge is 0.229 e. The molecular formula is C17H21N3OS. The maximum absolute atomic E-state index is 12.3. The van der Waals surface area contributed by atoms with Gasteiger partial charge in [0.1, 0.15) is 0 Å². The number of aromatic nitrogens is 1. The number of rotatable bonds is 5. The van der Waals surface area contributed by atoms with Crippen LogP contribution in [0, 0.1) is 11.8 Å². The first-order valence-corrected chi connectivity index (χ1v) is 8.57. The predicted octanol–water partition coefficient (Wildman–Crippen LogP) is 3.17. The first kappa shape index (κ1) is 15.2. The number of benzene rings is 1. The average Bonchev–Trinajstić information content (AvgIpc) is 2.89. The Labute approximate surface area is 135 Å². The highest BCUT2D eigenvalue weighted by Gasteiger charge is 2.29. The maximum atomic E-state index is 12.3. The van der Waals surface area contributed by atoms with Crippen LogP contribution in [0.4, 0.5) is 5.13 Å². The Kier molecular flexibility index (Phi) is 4.55. The van der Waals surface area contributed by atoms with E-state index < -0.39 is 0 Å². The Morgan fingerprint density at radius 2 is 2.14 bits per heavy atom. The van der Waals surface area contributed by atoms with Crippen LogP contribution in [0.5, 0.6) is 0 Å². The second-order valence-electron chi connectivity index (χ2n) is 5.71. The molecule has 1 aromatic carbocycles. The van der Waals surface area contributed by atoms with Gasteiger partial charge in [0, 0.05) is 16.4 Å². The predicted molar refractivity (Wildman–Crippen MR) is 91.1 cm³/mol. The molecule has 2 N–H and O–H groups in total. The van der Waals surface area contributed by atoms with E-state index in [9.17, 15) is 4.79 Å². The van der Waals surface area contributed by atoms with Gasteiger partial charge in [-0.05, 0) is 25.4 Å². The monoisotopic (exact) mass is 315 g/mol. The van der Waals surface area contributed by atoms with Crippen LogP contribution in [0.2, 0.25) is 0 Å². The Balaban J connectivity index is 1.77. The molecule has 0 saturated carbocycles. The summed E-state index contributed by atoms with van der Waals surface area (Å²) >= 11 is 1.58. The van der Waals surface area contributed by atoms with E-state index in [4.69, 9.17) is 0 Å². The molecule has 1 amide bonds. The molecule has 1 aliphatic rings. The molecule has 2 aromatic rings. The number of nitrogens with one attached hydrogen (secondary N) is 2. The maximum Gasteiger partial charge on any atom is 0.229 e. The molecule has 0 radical (unpaired) electrons. The van der Waals surface area contributed by atoms with Gasteiger partial charge in [-0.15, -0.1) is 11.3 Å². The van der Waals surface area contributed by atoms with Crippen molar-refractivity contribution in [2.45, 2.75) is 20.3 Å². The van der Waals surface area contributed by atoms with Gasteiger partial charge in [-0.1, -0.05) is 44.2 Å². The second kappa shape index (κ2) is 6.58. The molecule has 3 rings (SSSR count). The van der Waals surface area contributed by atoms with E-state index in [1.165, 1.54) is 4.88 Å². The van der Waals surface area contributed by atoms with Crippen molar-refractivity contribution in [3.63, 3.8) is 0 Å². The zero-order chi connectivity index (χ0) is 15.5. The van der Waals surface area contributed by atoms with Gasteiger partial charge < -0.3 is 10.6 Å². The van der Waals surface area contributed by atoms with Crippen molar-refractivity contribution in [2.24, 2.45) is 11.8 Å². The first-order valence-electron chi connectivity index (χ1n) is 7.75. The van der Waals surface area contributed by atoms with Gasteiger partial charge in [0.15, 0.2) is 5.13 Å². The number of aryl methyl sites for hydroxylation is 1. The van der Waals surface area contributed by atoms with E-state index in [1.807, 2.05) is 25.1 Å². The van der Waals surface area contributed by atoms with Gasteiger partial charge in [0.25, 0.3) is 0 Å². The Hall–Kier alpha value is -1.72. The van der Waals surface area contributed by atoms with Crippen LogP contribution in [-0.2, 0) is 11.2 Å². The molecule has 22 heavy (non-hydrogen) atoms. The number of hydrogen-bond acceptors (Lipinski definition) is 4. The lowest BCUT2D eigenvalue weighted by Crippen LogP contribution is -2.48. The summed E-state index contributed by atoms with van der Waals surface area (Å²) in [7, 11) is 0. The SMILES string of the molecule is CCc1sc(NC(=O)C(C)C2CNC2)nc1-c1ccccc1. The van der Waals surface area contributed by atoms with E-state index in [0.717, 1.165) is 30.8 Å². The summed E-state index contributed by atoms with van der Waals surface area (Å²) in [6.45, 7) is 5.98. The molecule has 1 atom stereocenters. The van der Waals surface area contributed by atoms with Crippen molar-refractivity contribution in [3.05, 3.63) is 35.2 Å². The first-order chi connectivity index (χ1) is 10.7. The van der Waals surface area contributed by atoms with Crippen LogP contribution < -0.4 is 10.6 Å². The topological polar surface area (TPSA) is 54.0 Å². The third-order valence-electron chi connectivity index (χ3n) is 4.23. The number of thiazole rings is 1. The number of carbonyl (C=O) groups excluding carboxylic acids is 1. The molecule has 2 heterocycles. The van der Waals surface area contributed by atoms with E-state index >= 15 is 0 Å². The fourth-order valence-electron chi connectivity index (χ4n) is 2.56. The third kappa shape index (κ3) is 3.05. The van der Waals surface area contributed by atoms with Crippen LogP contribution in [0.15, 0.2) is 30.3 Å². The highest BCUT2D eigenvalue weighted by atomic mass is 32.1. The molecular weight excluding hydrogens is 294 g/mol. The van der Waals surface area contributed by atoms with Crippen molar-refractivity contribution >= 4 is 22.4 Å². The standard InChI is InChI=1S/C17H21N3OS/c1-3-14-15(12-7-5-4-6-8-12)19-17(22-14)20-16(21)11(2)13-9-18-10-13/h4-8,11,13,18H,3,9-10H2,1-2H3,(H,19,20,21). The zero-order valence-electron chi connectivity index (χ0n) is 12.9. The normalized spacial score (nSPS) is 16.1. The minimum absolute atomic E-state index is 0.0235. The van der Waals surface area contributed by atoms with Crippen LogP contribution in [0.3, 0.4) is 0 Å². The van der Waals surface area contributed by atoms with Crippen LogP contribution in [-0.4, -0.2) is 24.0 Å². The van der Waals surface area contributed by atoms with Gasteiger partial charge in [-0.2, -0.15) is 0 Å². The quantitative estimate of drug-likeness (QED) is 0.891. The molecule has 0 bridgehead atoms. The molecule has 1 unspecified atom stereocenters. The minimum Gasteiger partial charge on any atom is -0.316 e. The molecule has 1 fully saturated rings. The minimum atomic E-state index is 0.0235. The molecule has 4 nitrogen and oxygen atoms in total. The molecule has 1 aliphatic heterocycles. The largest absolute Gasteiger partial charge is 0.316 e. The molecule has 5 heteroatoms. The fraction of sp³-hybridized carbons (Fsp3) is 0.412. The summed E-state index contributed by atoms with van der Waals surface area (Å²) in [6, 6.07) is 10.1. The average molecular weight is 315 g/mol. The summed E-state index contributed by atoms with van der Waals surface area (Å²) in [4.78, 5) is 18.2. The molecule has 1 saturated heterocycles. The second-order valence-corrected chi connectivity index (χ2v) is 6.79. The van der Waals surface area contributed by atoms with E-state index in [2.05, 4.69) is 34.7 Å². The van der Waals surface area contributed by atoms with Crippen molar-refractivity contribution in [2.75, 3.05) is 18.4 Å². The Morgan fingerprint density at radius 1 is 1.41 bits per heavy atom. The molecule has 0 aliphatic carbocycles. The Morgan fingerprint density at radius 3 is 2.73 bits per heavy atom. The van der Waals surface area contributed by atoms with Crippen LogP contribution >= 0.6 is 11.3 Å². The Bertz CT molecular complexity index is 649.